The van der Waals surface area contributed by atoms with Crippen LogP contribution in [0.25, 0.3) is 0 Å². The van der Waals surface area contributed by atoms with Crippen LogP contribution in [-0.2, 0) is 4.79 Å². The van der Waals surface area contributed by atoms with Crippen LogP contribution in [0.1, 0.15) is 12.8 Å². The Morgan fingerprint density at radius 2 is 2.47 bits per heavy atom. The van der Waals surface area contributed by atoms with Gasteiger partial charge in [-0.25, -0.2) is 0 Å². The van der Waals surface area contributed by atoms with Crippen molar-refractivity contribution in [3.05, 3.63) is 0 Å². The van der Waals surface area contributed by atoms with Crippen LogP contribution in [0.15, 0.2) is 0 Å². The fourth-order valence-corrected chi connectivity index (χ4v) is 3.16. The van der Waals surface area contributed by atoms with E-state index < -0.39 is 0 Å². The van der Waals surface area contributed by atoms with Gasteiger partial charge in [0.05, 0.1) is 6.04 Å². The Morgan fingerprint density at radius 3 is 3.13 bits per heavy atom. The van der Waals surface area contributed by atoms with Crippen molar-refractivity contribution in [2.75, 3.05) is 31.3 Å². The fraction of sp³-hybridized carbons (Fsp3) is 0.900. The summed E-state index contributed by atoms with van der Waals surface area (Å²) in [6.07, 6.45) is 1.88. The molecule has 2 aliphatic heterocycles. The van der Waals surface area contributed by atoms with E-state index in [9.17, 15) is 4.79 Å². The third kappa shape index (κ3) is 2.65. The topological polar surface area (TPSA) is 52.6 Å². The summed E-state index contributed by atoms with van der Waals surface area (Å²) in [4.78, 5) is 13.9. The van der Waals surface area contributed by atoms with E-state index in [-0.39, 0.29) is 18.6 Å². The summed E-state index contributed by atoms with van der Waals surface area (Å²) in [5.41, 5.74) is 0. The van der Waals surface area contributed by atoms with Crippen molar-refractivity contribution >= 4 is 17.7 Å². The summed E-state index contributed by atoms with van der Waals surface area (Å²) in [5.74, 6) is 2.55. The van der Waals surface area contributed by atoms with Gasteiger partial charge >= 0.3 is 0 Å². The molecule has 4 nitrogen and oxygen atoms in total. The van der Waals surface area contributed by atoms with Gasteiger partial charge in [-0.3, -0.25) is 10.1 Å². The number of carbonyl (C=O) groups excluding carboxylic acids is 1. The molecule has 15 heavy (non-hydrogen) atoms. The minimum atomic E-state index is 0.0304. The van der Waals surface area contributed by atoms with Gasteiger partial charge < -0.3 is 10.0 Å². The van der Waals surface area contributed by atoms with E-state index in [1.807, 2.05) is 4.90 Å². The molecule has 1 amide bonds. The van der Waals surface area contributed by atoms with Crippen LogP contribution in [0.5, 0.6) is 0 Å². The molecule has 0 bridgehead atoms. The Hall–Kier alpha value is -0.260. The van der Waals surface area contributed by atoms with Gasteiger partial charge in [-0.15, -0.1) is 11.8 Å². The summed E-state index contributed by atoms with van der Waals surface area (Å²) < 4.78 is 0. The van der Waals surface area contributed by atoms with E-state index in [4.69, 9.17) is 5.11 Å². The molecule has 0 aromatic heterocycles. The highest BCUT2D eigenvalue weighted by Crippen LogP contribution is 2.21. The minimum Gasteiger partial charge on any atom is -0.396 e. The molecular formula is C10H18N2O2S. The smallest absolute Gasteiger partial charge is 0.240 e. The number of likely N-dealkylation sites (tertiary alicyclic amines) is 1. The van der Waals surface area contributed by atoms with Crippen LogP contribution >= 0.6 is 11.8 Å². The molecule has 0 aromatic rings. The van der Waals surface area contributed by atoms with Crippen LogP contribution in [0.4, 0.5) is 0 Å². The minimum absolute atomic E-state index is 0.0304. The molecular weight excluding hydrogens is 212 g/mol. The van der Waals surface area contributed by atoms with Crippen LogP contribution in [0.2, 0.25) is 0 Å². The maximum Gasteiger partial charge on any atom is 0.240 e. The lowest BCUT2D eigenvalue weighted by molar-refractivity contribution is -0.131. The van der Waals surface area contributed by atoms with E-state index >= 15 is 0 Å². The zero-order valence-electron chi connectivity index (χ0n) is 8.82. The number of nitrogens with zero attached hydrogens (tertiary/aromatic N) is 1. The number of thioether (sulfide) groups is 1. The van der Waals surface area contributed by atoms with Crippen molar-refractivity contribution in [2.24, 2.45) is 5.92 Å². The van der Waals surface area contributed by atoms with Gasteiger partial charge in [0.1, 0.15) is 0 Å². The highest BCUT2D eigenvalue weighted by Gasteiger charge is 2.31. The van der Waals surface area contributed by atoms with Crippen LogP contribution in [0.3, 0.4) is 0 Å². The van der Waals surface area contributed by atoms with E-state index in [0.717, 1.165) is 37.6 Å². The first-order chi connectivity index (χ1) is 7.31. The normalized spacial score (nSPS) is 31.1. The summed E-state index contributed by atoms with van der Waals surface area (Å²) in [5, 5.41) is 12.0. The summed E-state index contributed by atoms with van der Waals surface area (Å²) in [6.45, 7) is 1.94. The molecule has 0 radical (unpaired) electrons. The summed E-state index contributed by atoms with van der Waals surface area (Å²) in [7, 11) is 0. The van der Waals surface area contributed by atoms with Gasteiger partial charge in [0.2, 0.25) is 5.91 Å². The lowest BCUT2D eigenvalue weighted by atomic mass is 10.1. The first kappa shape index (κ1) is 11.2. The molecule has 0 saturated carbocycles. The molecule has 2 N–H and O–H groups in total. The Balaban J connectivity index is 1.81. The quantitative estimate of drug-likeness (QED) is 0.710. The van der Waals surface area contributed by atoms with Gasteiger partial charge in [0.15, 0.2) is 0 Å². The molecule has 2 aliphatic rings. The van der Waals surface area contributed by atoms with Gasteiger partial charge in [-0.05, 0) is 18.8 Å². The average Bonchev–Trinajstić information content (AvgIpc) is 2.87. The summed E-state index contributed by atoms with van der Waals surface area (Å²) in [6, 6.07) is 0.0304. The molecule has 2 unspecified atom stereocenters. The molecule has 2 fully saturated rings. The largest absolute Gasteiger partial charge is 0.396 e. The Kier molecular flexibility index (Phi) is 3.88. The molecule has 2 rings (SSSR count). The highest BCUT2D eigenvalue weighted by atomic mass is 32.2. The van der Waals surface area contributed by atoms with E-state index in [1.165, 1.54) is 0 Å². The van der Waals surface area contributed by atoms with Crippen molar-refractivity contribution < 1.29 is 9.90 Å². The molecule has 2 atom stereocenters. The average molecular weight is 230 g/mol. The number of carbonyl (C=O) groups is 1. The monoisotopic (exact) mass is 230 g/mol. The number of aliphatic hydroxyl groups is 1. The van der Waals surface area contributed by atoms with Crippen LogP contribution < -0.4 is 5.32 Å². The molecule has 86 valence electrons. The molecule has 0 aromatic carbocycles. The van der Waals surface area contributed by atoms with Gasteiger partial charge in [0.25, 0.3) is 0 Å². The zero-order chi connectivity index (χ0) is 10.7. The van der Waals surface area contributed by atoms with Crippen LogP contribution in [-0.4, -0.2) is 53.3 Å². The molecule has 0 spiro atoms. The Bertz CT molecular complexity index is 231. The standard InChI is InChI=1S/C10H18N2O2S/c13-4-2-8-1-3-12(5-8)10(14)9-6-15-7-11-9/h8-9,11,13H,1-7H2. The lowest BCUT2D eigenvalue weighted by Crippen LogP contribution is -2.43. The molecule has 0 aliphatic carbocycles. The number of aliphatic hydroxyl groups excluding tert-OH is 1. The zero-order valence-corrected chi connectivity index (χ0v) is 9.63. The van der Waals surface area contributed by atoms with Crippen molar-refractivity contribution in [3.8, 4) is 0 Å². The Morgan fingerprint density at radius 1 is 1.60 bits per heavy atom. The fourth-order valence-electron chi connectivity index (χ4n) is 2.23. The van der Waals surface area contributed by atoms with E-state index in [1.54, 1.807) is 11.8 Å². The third-order valence-corrected chi connectivity index (χ3v) is 4.09. The van der Waals surface area contributed by atoms with Crippen molar-refractivity contribution in [1.82, 2.24) is 10.2 Å². The molecule has 2 saturated heterocycles. The number of hydrogen-bond acceptors (Lipinski definition) is 4. The second kappa shape index (κ2) is 5.18. The number of rotatable bonds is 3. The lowest BCUT2D eigenvalue weighted by Gasteiger charge is -2.20. The number of hydrogen-bond donors (Lipinski definition) is 2. The third-order valence-electron chi connectivity index (χ3n) is 3.15. The first-order valence-electron chi connectivity index (χ1n) is 5.52. The molecule has 2 heterocycles. The second-order valence-electron chi connectivity index (χ2n) is 4.22. The van der Waals surface area contributed by atoms with Crippen LogP contribution in [0, 0.1) is 5.92 Å². The maximum absolute atomic E-state index is 12.0. The SMILES string of the molecule is O=C(C1CSCN1)N1CCC(CCO)C1. The van der Waals surface area contributed by atoms with Gasteiger partial charge in [-0.2, -0.15) is 0 Å². The van der Waals surface area contributed by atoms with Crippen molar-refractivity contribution in [1.29, 1.82) is 0 Å². The maximum atomic E-state index is 12.0. The predicted molar refractivity (Wildman–Crippen MR) is 60.6 cm³/mol. The van der Waals surface area contributed by atoms with Crippen molar-refractivity contribution in [3.63, 3.8) is 0 Å². The van der Waals surface area contributed by atoms with Crippen molar-refractivity contribution in [2.45, 2.75) is 18.9 Å². The Labute approximate surface area is 94.4 Å². The predicted octanol–water partition coefficient (Wildman–Crippen LogP) is -0.120. The number of amides is 1. The second-order valence-corrected chi connectivity index (χ2v) is 5.25. The molecule has 5 heteroatoms. The first-order valence-corrected chi connectivity index (χ1v) is 6.67. The van der Waals surface area contributed by atoms with E-state index in [0.29, 0.717) is 5.92 Å². The summed E-state index contributed by atoms with van der Waals surface area (Å²) >= 11 is 1.78. The highest BCUT2D eigenvalue weighted by molar-refractivity contribution is 7.99. The van der Waals surface area contributed by atoms with Gasteiger partial charge in [-0.1, -0.05) is 0 Å². The van der Waals surface area contributed by atoms with Gasteiger partial charge in [0, 0.05) is 31.3 Å². The number of nitrogens with one attached hydrogen (secondary N) is 1. The van der Waals surface area contributed by atoms with E-state index in [2.05, 4.69) is 5.32 Å².